The van der Waals surface area contributed by atoms with Gasteiger partial charge in [0.1, 0.15) is 0 Å². The van der Waals surface area contributed by atoms with Crippen molar-refractivity contribution in [3.05, 3.63) is 0 Å². The molecular weight excluding hydrogens is 137 g/mol. The standard InChI is InChI=1S/C5H12NO2P/c1-3-7-9-6(2)4-5-8-9/h3-5H2,1-2H3. The second-order valence-electron chi connectivity index (χ2n) is 1.87. The van der Waals surface area contributed by atoms with Crippen molar-refractivity contribution in [1.82, 2.24) is 4.67 Å². The zero-order chi connectivity index (χ0) is 6.69. The molecule has 1 aliphatic rings. The maximum Gasteiger partial charge on any atom is 0.258 e. The fourth-order valence-corrected chi connectivity index (χ4v) is 1.85. The Kier molecular flexibility index (Phi) is 2.86. The zero-order valence-corrected chi connectivity index (χ0v) is 6.73. The molecule has 0 saturated carbocycles. The van der Waals surface area contributed by atoms with Gasteiger partial charge in [0.05, 0.1) is 13.2 Å². The molecule has 1 fully saturated rings. The van der Waals surface area contributed by atoms with Gasteiger partial charge in [0.15, 0.2) is 0 Å². The van der Waals surface area contributed by atoms with Gasteiger partial charge in [-0.05, 0) is 14.0 Å². The molecule has 0 aliphatic carbocycles. The Morgan fingerprint density at radius 1 is 1.78 bits per heavy atom. The van der Waals surface area contributed by atoms with Gasteiger partial charge in [0, 0.05) is 6.54 Å². The van der Waals surface area contributed by atoms with Crippen LogP contribution in [0.1, 0.15) is 6.92 Å². The van der Waals surface area contributed by atoms with Gasteiger partial charge in [-0.1, -0.05) is 0 Å². The van der Waals surface area contributed by atoms with Crippen molar-refractivity contribution in [2.24, 2.45) is 0 Å². The lowest BCUT2D eigenvalue weighted by atomic mass is 10.7. The first-order valence-corrected chi connectivity index (χ1v) is 4.24. The summed E-state index contributed by atoms with van der Waals surface area (Å²) in [6.45, 7) is 4.56. The number of rotatable bonds is 2. The average Bonchev–Trinajstić information content (AvgIpc) is 2.18. The van der Waals surface area contributed by atoms with E-state index in [0.29, 0.717) is 0 Å². The quantitative estimate of drug-likeness (QED) is 0.551. The van der Waals surface area contributed by atoms with Gasteiger partial charge in [-0.15, -0.1) is 0 Å². The van der Waals surface area contributed by atoms with Crippen LogP contribution in [0.5, 0.6) is 0 Å². The molecule has 1 aliphatic heterocycles. The summed E-state index contributed by atoms with van der Waals surface area (Å²) in [6, 6.07) is 0. The summed E-state index contributed by atoms with van der Waals surface area (Å²) < 4.78 is 12.7. The molecular formula is C5H12NO2P. The maximum atomic E-state index is 5.28. The molecule has 0 N–H and O–H groups in total. The molecule has 54 valence electrons. The second-order valence-corrected chi connectivity index (χ2v) is 3.54. The van der Waals surface area contributed by atoms with Crippen LogP contribution >= 0.6 is 8.53 Å². The van der Waals surface area contributed by atoms with Crippen LogP contribution in [0.25, 0.3) is 0 Å². The fourth-order valence-electron chi connectivity index (χ4n) is 0.678. The van der Waals surface area contributed by atoms with Gasteiger partial charge in [-0.25, -0.2) is 4.67 Å². The van der Waals surface area contributed by atoms with Crippen LogP contribution in [0.15, 0.2) is 0 Å². The van der Waals surface area contributed by atoms with Crippen LogP contribution in [-0.4, -0.2) is 31.5 Å². The van der Waals surface area contributed by atoms with E-state index in [0.717, 1.165) is 19.8 Å². The minimum absolute atomic E-state index is 0.673. The molecule has 4 heteroatoms. The number of hydrogen-bond donors (Lipinski definition) is 0. The van der Waals surface area contributed by atoms with E-state index >= 15 is 0 Å². The second kappa shape index (κ2) is 3.47. The molecule has 0 spiro atoms. The smallest absolute Gasteiger partial charge is 0.258 e. The Hall–Kier alpha value is 0.310. The van der Waals surface area contributed by atoms with Crippen LogP contribution in [0.2, 0.25) is 0 Å². The predicted molar refractivity (Wildman–Crippen MR) is 37.1 cm³/mol. The van der Waals surface area contributed by atoms with Gasteiger partial charge in [-0.3, -0.25) is 0 Å². The van der Waals surface area contributed by atoms with Crippen molar-refractivity contribution in [3.8, 4) is 0 Å². The van der Waals surface area contributed by atoms with Crippen LogP contribution in [-0.2, 0) is 9.05 Å². The fraction of sp³-hybridized carbons (Fsp3) is 1.00. The van der Waals surface area contributed by atoms with E-state index < -0.39 is 8.53 Å². The average molecular weight is 149 g/mol. The van der Waals surface area contributed by atoms with E-state index in [9.17, 15) is 0 Å². The van der Waals surface area contributed by atoms with Crippen molar-refractivity contribution in [2.45, 2.75) is 6.92 Å². The third kappa shape index (κ3) is 1.87. The molecule has 1 unspecified atom stereocenters. The van der Waals surface area contributed by atoms with E-state index in [1.54, 1.807) is 0 Å². The maximum absolute atomic E-state index is 5.28. The number of hydrogen-bond acceptors (Lipinski definition) is 3. The van der Waals surface area contributed by atoms with E-state index in [2.05, 4.69) is 4.67 Å². The Morgan fingerprint density at radius 2 is 2.56 bits per heavy atom. The first kappa shape index (κ1) is 7.42. The number of nitrogens with zero attached hydrogens (tertiary/aromatic N) is 1. The molecule has 1 heterocycles. The molecule has 3 nitrogen and oxygen atoms in total. The van der Waals surface area contributed by atoms with Gasteiger partial charge < -0.3 is 9.05 Å². The topological polar surface area (TPSA) is 21.7 Å². The highest BCUT2D eigenvalue weighted by atomic mass is 31.2. The molecule has 1 atom stereocenters. The lowest BCUT2D eigenvalue weighted by molar-refractivity contribution is 0.282. The van der Waals surface area contributed by atoms with Crippen molar-refractivity contribution < 1.29 is 9.05 Å². The van der Waals surface area contributed by atoms with Crippen LogP contribution in [0.4, 0.5) is 0 Å². The van der Waals surface area contributed by atoms with Gasteiger partial charge in [0.2, 0.25) is 0 Å². The third-order valence-corrected chi connectivity index (χ3v) is 2.77. The molecule has 9 heavy (non-hydrogen) atoms. The Morgan fingerprint density at radius 3 is 3.00 bits per heavy atom. The summed E-state index contributed by atoms with van der Waals surface area (Å²) in [5, 5.41) is 0. The van der Waals surface area contributed by atoms with Crippen molar-refractivity contribution in [1.29, 1.82) is 0 Å². The molecule has 0 bridgehead atoms. The summed E-state index contributed by atoms with van der Waals surface area (Å²) in [5.74, 6) is 0. The summed E-state index contributed by atoms with van der Waals surface area (Å²) >= 11 is 0. The minimum Gasteiger partial charge on any atom is -0.322 e. The highest BCUT2D eigenvalue weighted by molar-refractivity contribution is 7.44. The highest BCUT2D eigenvalue weighted by Crippen LogP contribution is 2.44. The van der Waals surface area contributed by atoms with Crippen molar-refractivity contribution in [3.63, 3.8) is 0 Å². The SMILES string of the molecule is CCOP1OCCN1C. The molecule has 1 rings (SSSR count). The van der Waals surface area contributed by atoms with Crippen molar-refractivity contribution in [2.75, 3.05) is 26.8 Å². The lowest BCUT2D eigenvalue weighted by Gasteiger charge is -2.14. The van der Waals surface area contributed by atoms with Crippen LogP contribution in [0.3, 0.4) is 0 Å². The Bertz CT molecular complexity index is 91.0. The summed E-state index contributed by atoms with van der Waals surface area (Å²) in [6.07, 6.45) is 0. The predicted octanol–water partition coefficient (Wildman–Crippen LogP) is 1.21. The zero-order valence-electron chi connectivity index (χ0n) is 5.83. The van der Waals surface area contributed by atoms with Gasteiger partial charge in [-0.2, -0.15) is 0 Å². The normalized spacial score (nSPS) is 29.3. The molecule has 0 aromatic carbocycles. The first-order valence-electron chi connectivity index (χ1n) is 3.11. The van der Waals surface area contributed by atoms with E-state index in [1.165, 1.54) is 0 Å². The Balaban J connectivity index is 2.22. The highest BCUT2D eigenvalue weighted by Gasteiger charge is 2.22. The first-order chi connectivity index (χ1) is 4.34. The largest absolute Gasteiger partial charge is 0.322 e. The molecule has 0 radical (unpaired) electrons. The van der Waals surface area contributed by atoms with E-state index in [-0.39, 0.29) is 0 Å². The molecule has 0 amide bonds. The lowest BCUT2D eigenvalue weighted by Crippen LogP contribution is -2.07. The van der Waals surface area contributed by atoms with E-state index in [4.69, 9.17) is 9.05 Å². The molecule has 0 aromatic heterocycles. The third-order valence-electron chi connectivity index (χ3n) is 1.13. The van der Waals surface area contributed by atoms with Crippen LogP contribution in [0, 0.1) is 0 Å². The molecule has 0 aromatic rings. The summed E-state index contributed by atoms with van der Waals surface area (Å²) in [5.41, 5.74) is 0. The van der Waals surface area contributed by atoms with Gasteiger partial charge in [0.25, 0.3) is 8.53 Å². The number of likely N-dealkylation sites (N-methyl/N-ethyl adjacent to an activating group) is 1. The van der Waals surface area contributed by atoms with Crippen molar-refractivity contribution >= 4 is 8.53 Å². The van der Waals surface area contributed by atoms with Crippen LogP contribution < -0.4 is 0 Å². The van der Waals surface area contributed by atoms with Gasteiger partial charge >= 0.3 is 0 Å². The minimum atomic E-state index is -0.673. The summed E-state index contributed by atoms with van der Waals surface area (Å²) in [7, 11) is 1.35. The monoisotopic (exact) mass is 149 g/mol. The summed E-state index contributed by atoms with van der Waals surface area (Å²) in [4.78, 5) is 0. The molecule has 1 saturated heterocycles. The van der Waals surface area contributed by atoms with E-state index in [1.807, 2.05) is 14.0 Å². The Labute approximate surface area is 56.9 Å².